The first kappa shape index (κ1) is 14.6. The third-order valence-electron chi connectivity index (χ3n) is 2.22. The van der Waals surface area contributed by atoms with Crippen LogP contribution in [0.2, 0.25) is 0 Å². The van der Waals surface area contributed by atoms with Crippen LogP contribution in [0.15, 0.2) is 18.2 Å². The van der Waals surface area contributed by atoms with Gasteiger partial charge in [-0.1, -0.05) is 15.9 Å². The summed E-state index contributed by atoms with van der Waals surface area (Å²) in [6, 6.07) is 2.96. The highest BCUT2D eigenvalue weighted by Gasteiger charge is 2.16. The Kier molecular flexibility index (Phi) is 5.70. The number of nitro benzene ring substituents is 1. The molecule has 18 heavy (non-hydrogen) atoms. The Morgan fingerprint density at radius 2 is 2.17 bits per heavy atom. The lowest BCUT2D eigenvalue weighted by Gasteiger charge is -2.05. The van der Waals surface area contributed by atoms with E-state index < -0.39 is 10.7 Å². The van der Waals surface area contributed by atoms with Crippen LogP contribution >= 0.6 is 15.9 Å². The first-order chi connectivity index (χ1) is 8.54. The van der Waals surface area contributed by atoms with E-state index in [-0.39, 0.29) is 23.7 Å². The molecule has 1 amide bonds. The van der Waals surface area contributed by atoms with Crippen LogP contribution in [0.4, 0.5) is 15.8 Å². The molecule has 0 radical (unpaired) electrons. The molecule has 0 aromatic heterocycles. The van der Waals surface area contributed by atoms with Crippen molar-refractivity contribution in [3.63, 3.8) is 0 Å². The lowest BCUT2D eigenvalue weighted by Crippen LogP contribution is -2.12. The number of rotatable bonds is 6. The summed E-state index contributed by atoms with van der Waals surface area (Å²) in [6.45, 7) is 0. The van der Waals surface area contributed by atoms with Gasteiger partial charge < -0.3 is 5.32 Å². The molecule has 0 fully saturated rings. The molecule has 5 nitrogen and oxygen atoms in total. The number of halogens is 2. The van der Waals surface area contributed by atoms with Gasteiger partial charge >= 0.3 is 0 Å². The van der Waals surface area contributed by atoms with Gasteiger partial charge in [-0.15, -0.1) is 0 Å². The average Bonchev–Trinajstić information content (AvgIpc) is 2.29. The Morgan fingerprint density at radius 3 is 2.78 bits per heavy atom. The van der Waals surface area contributed by atoms with Crippen LogP contribution in [0, 0.1) is 15.9 Å². The molecule has 0 bridgehead atoms. The van der Waals surface area contributed by atoms with E-state index in [1.807, 2.05) is 0 Å². The highest BCUT2D eigenvalue weighted by Crippen LogP contribution is 2.25. The summed E-state index contributed by atoms with van der Waals surface area (Å²) >= 11 is 3.24. The molecule has 0 spiro atoms. The largest absolute Gasteiger partial charge is 0.320 e. The van der Waals surface area contributed by atoms with Gasteiger partial charge in [0.25, 0.3) is 5.69 Å². The number of nitrogens with one attached hydrogen (secondary N) is 1. The van der Waals surface area contributed by atoms with Crippen molar-refractivity contribution in [3.05, 3.63) is 34.1 Å². The van der Waals surface area contributed by atoms with Gasteiger partial charge in [0, 0.05) is 23.9 Å². The minimum Gasteiger partial charge on any atom is -0.320 e. The first-order valence-electron chi connectivity index (χ1n) is 5.34. The van der Waals surface area contributed by atoms with E-state index in [0.29, 0.717) is 6.42 Å². The molecule has 0 atom stereocenters. The molecule has 1 aromatic rings. The fourth-order valence-electron chi connectivity index (χ4n) is 1.36. The molecule has 0 aliphatic heterocycles. The van der Waals surface area contributed by atoms with Crippen LogP contribution in [0.5, 0.6) is 0 Å². The summed E-state index contributed by atoms with van der Waals surface area (Å²) in [5.41, 5.74) is -0.422. The lowest BCUT2D eigenvalue weighted by molar-refractivity contribution is -0.384. The second-order valence-corrected chi connectivity index (χ2v) is 4.41. The predicted octanol–water partition coefficient (Wildman–Crippen LogP) is 3.24. The average molecular weight is 319 g/mol. The van der Waals surface area contributed by atoms with Crippen molar-refractivity contribution in [1.29, 1.82) is 0 Å². The molecule has 0 saturated carbocycles. The Labute approximate surface area is 112 Å². The topological polar surface area (TPSA) is 72.2 Å². The third kappa shape index (κ3) is 4.40. The van der Waals surface area contributed by atoms with Crippen LogP contribution in [-0.4, -0.2) is 16.2 Å². The molecule has 0 aliphatic carbocycles. The Morgan fingerprint density at radius 1 is 1.44 bits per heavy atom. The van der Waals surface area contributed by atoms with Crippen molar-refractivity contribution >= 4 is 33.2 Å². The second-order valence-electron chi connectivity index (χ2n) is 3.61. The number of alkyl halides is 1. The summed E-state index contributed by atoms with van der Waals surface area (Å²) in [5, 5.41) is 13.8. The van der Waals surface area contributed by atoms with Crippen molar-refractivity contribution < 1.29 is 14.1 Å². The van der Waals surface area contributed by atoms with Crippen molar-refractivity contribution in [1.82, 2.24) is 0 Å². The van der Waals surface area contributed by atoms with Crippen molar-refractivity contribution in [2.75, 3.05) is 10.6 Å². The van der Waals surface area contributed by atoms with Gasteiger partial charge in [-0.3, -0.25) is 14.9 Å². The zero-order chi connectivity index (χ0) is 13.5. The molecule has 98 valence electrons. The van der Waals surface area contributed by atoms with Gasteiger partial charge in [-0.2, -0.15) is 0 Å². The van der Waals surface area contributed by atoms with E-state index >= 15 is 0 Å². The van der Waals surface area contributed by atoms with Gasteiger partial charge in [0.1, 0.15) is 11.5 Å². The third-order valence-corrected chi connectivity index (χ3v) is 2.78. The number of benzene rings is 1. The number of carbonyl (C=O) groups is 1. The molecule has 0 heterocycles. The number of unbranched alkanes of at least 4 members (excludes halogenated alkanes) is 1. The number of nitro groups is 1. The highest BCUT2D eigenvalue weighted by molar-refractivity contribution is 9.09. The minimum absolute atomic E-state index is 0.108. The summed E-state index contributed by atoms with van der Waals surface area (Å²) in [6.07, 6.45) is 1.75. The van der Waals surface area contributed by atoms with Gasteiger partial charge in [-0.05, 0) is 18.9 Å². The van der Waals surface area contributed by atoms with Crippen LogP contribution in [0.25, 0.3) is 0 Å². The number of amides is 1. The maximum Gasteiger partial charge on any atom is 0.292 e. The highest BCUT2D eigenvalue weighted by atomic mass is 79.9. The number of anilines is 1. The van der Waals surface area contributed by atoms with Crippen molar-refractivity contribution in [2.45, 2.75) is 19.3 Å². The second kappa shape index (κ2) is 7.05. The Balaban J connectivity index is 2.73. The molecular formula is C11H12BrFN2O3. The maximum absolute atomic E-state index is 13.0. The quantitative estimate of drug-likeness (QED) is 0.379. The molecule has 0 aliphatic rings. The number of hydrogen-bond acceptors (Lipinski definition) is 3. The normalized spacial score (nSPS) is 10.1. The Hall–Kier alpha value is -1.50. The molecule has 7 heteroatoms. The number of hydrogen-bond donors (Lipinski definition) is 1. The van der Waals surface area contributed by atoms with Gasteiger partial charge in [-0.25, -0.2) is 4.39 Å². The van der Waals surface area contributed by atoms with Crippen LogP contribution in [0.3, 0.4) is 0 Å². The van der Waals surface area contributed by atoms with Crippen LogP contribution in [-0.2, 0) is 4.79 Å². The van der Waals surface area contributed by atoms with Gasteiger partial charge in [0.15, 0.2) is 0 Å². The smallest absolute Gasteiger partial charge is 0.292 e. The van der Waals surface area contributed by atoms with E-state index in [2.05, 4.69) is 21.2 Å². The number of nitrogens with zero attached hydrogens (tertiary/aromatic N) is 1. The molecule has 0 saturated heterocycles. The van der Waals surface area contributed by atoms with Gasteiger partial charge in [0.05, 0.1) is 4.92 Å². The van der Waals surface area contributed by atoms with Crippen molar-refractivity contribution in [3.8, 4) is 0 Å². The Bertz CT molecular complexity index is 454. The number of carbonyl (C=O) groups excluding carboxylic acids is 1. The fraction of sp³-hybridized carbons (Fsp3) is 0.364. The summed E-state index contributed by atoms with van der Waals surface area (Å²) in [7, 11) is 0. The van der Waals surface area contributed by atoms with Gasteiger partial charge in [0.2, 0.25) is 5.91 Å². The summed E-state index contributed by atoms with van der Waals surface area (Å²) in [5.74, 6) is -0.985. The molecule has 0 unspecified atom stereocenters. The van der Waals surface area contributed by atoms with E-state index in [1.54, 1.807) is 0 Å². The fourth-order valence-corrected chi connectivity index (χ4v) is 1.76. The predicted molar refractivity (Wildman–Crippen MR) is 69.3 cm³/mol. The summed E-state index contributed by atoms with van der Waals surface area (Å²) in [4.78, 5) is 21.5. The van der Waals surface area contributed by atoms with E-state index in [4.69, 9.17) is 0 Å². The van der Waals surface area contributed by atoms with Crippen molar-refractivity contribution in [2.24, 2.45) is 0 Å². The molecule has 1 N–H and O–H groups in total. The molecule has 1 aromatic carbocycles. The van der Waals surface area contributed by atoms with Crippen LogP contribution < -0.4 is 5.32 Å². The lowest BCUT2D eigenvalue weighted by atomic mass is 10.2. The maximum atomic E-state index is 13.0. The van der Waals surface area contributed by atoms with E-state index in [9.17, 15) is 19.3 Å². The standard InChI is InChI=1S/C11H12BrFN2O3/c12-6-2-1-3-11(16)14-9-7-8(13)4-5-10(9)15(17)18/h4-5,7H,1-3,6H2,(H,14,16). The molecular weight excluding hydrogens is 307 g/mol. The zero-order valence-electron chi connectivity index (χ0n) is 9.49. The van der Waals surface area contributed by atoms with E-state index in [0.717, 1.165) is 30.0 Å². The van der Waals surface area contributed by atoms with Crippen LogP contribution in [0.1, 0.15) is 19.3 Å². The first-order valence-corrected chi connectivity index (χ1v) is 6.46. The SMILES string of the molecule is O=C(CCCCBr)Nc1cc(F)ccc1[N+](=O)[O-]. The monoisotopic (exact) mass is 318 g/mol. The van der Waals surface area contributed by atoms with E-state index in [1.165, 1.54) is 0 Å². The molecule has 1 rings (SSSR count). The minimum atomic E-state index is -0.659. The summed E-state index contributed by atoms with van der Waals surface area (Å²) < 4.78 is 13.0. The zero-order valence-corrected chi connectivity index (χ0v) is 11.1.